The van der Waals surface area contributed by atoms with Crippen LogP contribution in [0, 0.1) is 6.92 Å². The van der Waals surface area contributed by atoms with Gasteiger partial charge in [0.05, 0.1) is 0 Å². The van der Waals surface area contributed by atoms with Crippen LogP contribution in [0.2, 0.25) is 0 Å². The van der Waals surface area contributed by atoms with Crippen LogP contribution in [0.25, 0.3) is 0 Å². The second-order valence-electron chi connectivity index (χ2n) is 5.46. The maximum atomic E-state index is 4.97. The first-order valence-electron chi connectivity index (χ1n) is 7.36. The van der Waals surface area contributed by atoms with E-state index in [0.29, 0.717) is 11.9 Å². The Bertz CT molecular complexity index is 552. The quantitative estimate of drug-likeness (QED) is 0.919. The fraction of sp³-hybridized carbons (Fsp3) is 0.600. The summed E-state index contributed by atoms with van der Waals surface area (Å²) in [5.41, 5.74) is 1.58. The molecule has 108 valence electrons. The summed E-state index contributed by atoms with van der Waals surface area (Å²) in [6, 6.07) is 2.80. The summed E-state index contributed by atoms with van der Waals surface area (Å²) in [4.78, 5) is 7.28. The van der Waals surface area contributed by atoms with Crippen LogP contribution in [0.4, 0.5) is 0 Å². The molecular formula is C15H21N3OS. The van der Waals surface area contributed by atoms with Gasteiger partial charge in [-0.3, -0.25) is 0 Å². The predicted molar refractivity (Wildman–Crippen MR) is 80.1 cm³/mol. The van der Waals surface area contributed by atoms with Crippen LogP contribution in [0.3, 0.4) is 0 Å². The summed E-state index contributed by atoms with van der Waals surface area (Å²) in [5.74, 6) is 1.42. The SMILES string of the molecule is Cc1nc(CCNC(C)c2cc3c(s2)CCCC3)no1. The smallest absolute Gasteiger partial charge is 0.223 e. The maximum Gasteiger partial charge on any atom is 0.223 e. The van der Waals surface area contributed by atoms with Crippen LogP contribution in [0.5, 0.6) is 0 Å². The molecule has 0 bridgehead atoms. The van der Waals surface area contributed by atoms with E-state index < -0.39 is 0 Å². The third-order valence-electron chi connectivity index (χ3n) is 3.81. The summed E-state index contributed by atoms with van der Waals surface area (Å²) in [6.07, 6.45) is 6.05. The van der Waals surface area contributed by atoms with E-state index in [1.54, 1.807) is 10.4 Å². The highest BCUT2D eigenvalue weighted by atomic mass is 32.1. The van der Waals surface area contributed by atoms with Crippen molar-refractivity contribution in [1.29, 1.82) is 0 Å². The number of nitrogens with zero attached hydrogens (tertiary/aromatic N) is 2. The fourth-order valence-electron chi connectivity index (χ4n) is 2.67. The van der Waals surface area contributed by atoms with Crippen LogP contribution >= 0.6 is 11.3 Å². The van der Waals surface area contributed by atoms with Gasteiger partial charge in [-0.25, -0.2) is 0 Å². The lowest BCUT2D eigenvalue weighted by atomic mass is 9.99. The summed E-state index contributed by atoms with van der Waals surface area (Å²) in [5, 5.41) is 7.47. The second kappa shape index (κ2) is 6.06. The minimum atomic E-state index is 0.401. The average molecular weight is 291 g/mol. The van der Waals surface area contributed by atoms with Gasteiger partial charge in [-0.2, -0.15) is 4.98 Å². The number of rotatable bonds is 5. The molecule has 1 N–H and O–H groups in total. The molecule has 0 amide bonds. The van der Waals surface area contributed by atoms with E-state index in [4.69, 9.17) is 4.52 Å². The van der Waals surface area contributed by atoms with Crippen molar-refractivity contribution < 1.29 is 4.52 Å². The first kappa shape index (κ1) is 13.8. The number of aryl methyl sites for hydroxylation is 3. The van der Waals surface area contributed by atoms with E-state index in [9.17, 15) is 0 Å². The zero-order chi connectivity index (χ0) is 13.9. The van der Waals surface area contributed by atoms with Gasteiger partial charge in [0, 0.05) is 35.7 Å². The van der Waals surface area contributed by atoms with Gasteiger partial charge in [0.15, 0.2) is 5.82 Å². The highest BCUT2D eigenvalue weighted by Crippen LogP contribution is 2.32. The molecule has 0 radical (unpaired) electrons. The first-order chi connectivity index (χ1) is 9.72. The second-order valence-corrected chi connectivity index (χ2v) is 6.63. The van der Waals surface area contributed by atoms with Gasteiger partial charge < -0.3 is 9.84 Å². The summed E-state index contributed by atoms with van der Waals surface area (Å²) in [7, 11) is 0. The molecule has 2 aromatic rings. The Balaban J connectivity index is 1.53. The average Bonchev–Trinajstić information content (AvgIpc) is 3.04. The van der Waals surface area contributed by atoms with Gasteiger partial charge in [-0.1, -0.05) is 5.16 Å². The third-order valence-corrected chi connectivity index (χ3v) is 5.23. The fourth-order valence-corrected chi connectivity index (χ4v) is 3.96. The molecule has 1 aliphatic carbocycles. The van der Waals surface area contributed by atoms with Crippen LogP contribution in [-0.4, -0.2) is 16.7 Å². The molecule has 1 atom stereocenters. The number of aromatic nitrogens is 2. The zero-order valence-corrected chi connectivity index (χ0v) is 12.9. The molecule has 0 aliphatic heterocycles. The molecule has 2 aromatic heterocycles. The lowest BCUT2D eigenvalue weighted by Gasteiger charge is -2.10. The van der Waals surface area contributed by atoms with Crippen molar-refractivity contribution >= 4 is 11.3 Å². The Labute approximate surface area is 123 Å². The molecule has 0 saturated carbocycles. The van der Waals surface area contributed by atoms with Crippen molar-refractivity contribution in [2.45, 2.75) is 52.0 Å². The van der Waals surface area contributed by atoms with Gasteiger partial charge in [0.25, 0.3) is 0 Å². The number of nitrogens with one attached hydrogen (secondary N) is 1. The number of hydrogen-bond acceptors (Lipinski definition) is 5. The van der Waals surface area contributed by atoms with E-state index in [1.165, 1.54) is 30.6 Å². The molecule has 1 aliphatic rings. The van der Waals surface area contributed by atoms with Gasteiger partial charge in [-0.05, 0) is 44.2 Å². The summed E-state index contributed by atoms with van der Waals surface area (Å²) in [6.45, 7) is 4.93. The lowest BCUT2D eigenvalue weighted by molar-refractivity contribution is 0.386. The Hall–Kier alpha value is -1.20. The Morgan fingerprint density at radius 2 is 2.25 bits per heavy atom. The van der Waals surface area contributed by atoms with Crippen LogP contribution in [-0.2, 0) is 19.3 Å². The van der Waals surface area contributed by atoms with Crippen molar-refractivity contribution in [1.82, 2.24) is 15.5 Å². The van der Waals surface area contributed by atoms with E-state index >= 15 is 0 Å². The first-order valence-corrected chi connectivity index (χ1v) is 8.18. The molecule has 20 heavy (non-hydrogen) atoms. The largest absolute Gasteiger partial charge is 0.340 e. The molecule has 0 aromatic carbocycles. The predicted octanol–water partition coefficient (Wildman–Crippen LogP) is 3.21. The van der Waals surface area contributed by atoms with Crippen molar-refractivity contribution in [3.8, 4) is 0 Å². The highest BCUT2D eigenvalue weighted by Gasteiger charge is 2.16. The van der Waals surface area contributed by atoms with E-state index in [1.807, 2.05) is 18.3 Å². The molecule has 0 saturated heterocycles. The minimum absolute atomic E-state index is 0.401. The van der Waals surface area contributed by atoms with Crippen molar-refractivity contribution in [3.63, 3.8) is 0 Å². The molecule has 5 heteroatoms. The Morgan fingerprint density at radius 3 is 3.00 bits per heavy atom. The minimum Gasteiger partial charge on any atom is -0.340 e. The topological polar surface area (TPSA) is 51.0 Å². The normalized spacial score (nSPS) is 16.1. The van der Waals surface area contributed by atoms with E-state index in [-0.39, 0.29) is 0 Å². The molecule has 3 rings (SSSR count). The van der Waals surface area contributed by atoms with Crippen LogP contribution < -0.4 is 5.32 Å². The Morgan fingerprint density at radius 1 is 1.40 bits per heavy atom. The van der Waals surface area contributed by atoms with Crippen LogP contribution in [0.15, 0.2) is 10.6 Å². The summed E-state index contributed by atoms with van der Waals surface area (Å²) < 4.78 is 4.97. The van der Waals surface area contributed by atoms with Gasteiger partial charge >= 0.3 is 0 Å². The number of thiophene rings is 1. The molecule has 1 unspecified atom stereocenters. The molecular weight excluding hydrogens is 270 g/mol. The van der Waals surface area contributed by atoms with E-state index in [0.717, 1.165) is 18.8 Å². The molecule has 0 fully saturated rings. The lowest BCUT2D eigenvalue weighted by Crippen LogP contribution is -2.21. The maximum absolute atomic E-state index is 4.97. The van der Waals surface area contributed by atoms with E-state index in [2.05, 4.69) is 28.4 Å². The standard InChI is InChI=1S/C15H21N3OS/c1-10(16-8-7-15-17-11(2)19-18-15)14-9-12-5-3-4-6-13(12)20-14/h9-10,16H,3-8H2,1-2H3. The Kier molecular flexibility index (Phi) is 4.17. The molecule has 2 heterocycles. The third kappa shape index (κ3) is 3.10. The van der Waals surface area contributed by atoms with Gasteiger partial charge in [-0.15, -0.1) is 11.3 Å². The van der Waals surface area contributed by atoms with Crippen LogP contribution in [0.1, 0.15) is 52.8 Å². The van der Waals surface area contributed by atoms with Crippen molar-refractivity contribution in [2.24, 2.45) is 0 Å². The zero-order valence-electron chi connectivity index (χ0n) is 12.1. The van der Waals surface area contributed by atoms with Gasteiger partial charge in [0.1, 0.15) is 0 Å². The monoisotopic (exact) mass is 291 g/mol. The van der Waals surface area contributed by atoms with Crippen molar-refractivity contribution in [3.05, 3.63) is 33.1 Å². The molecule has 0 spiro atoms. The molecule has 4 nitrogen and oxygen atoms in total. The number of fused-ring (bicyclic) bond motifs is 1. The van der Waals surface area contributed by atoms with Gasteiger partial charge in [0.2, 0.25) is 5.89 Å². The summed E-state index contributed by atoms with van der Waals surface area (Å²) >= 11 is 1.98. The highest BCUT2D eigenvalue weighted by molar-refractivity contribution is 7.12. The number of hydrogen-bond donors (Lipinski definition) is 1. The van der Waals surface area contributed by atoms with Crippen molar-refractivity contribution in [2.75, 3.05) is 6.54 Å².